The third-order valence-corrected chi connectivity index (χ3v) is 9.67. The molecule has 11 heteroatoms. The number of ketones is 1. The third-order valence-electron chi connectivity index (χ3n) is 9.67. The molecule has 0 radical (unpaired) electrons. The highest BCUT2D eigenvalue weighted by Crippen LogP contribution is 2.65. The van der Waals surface area contributed by atoms with Crippen LogP contribution in [-0.4, -0.2) is 84.4 Å². The monoisotopic (exact) mass is 625 g/mol. The van der Waals surface area contributed by atoms with Crippen LogP contribution in [0.15, 0.2) is 30.3 Å². The van der Waals surface area contributed by atoms with Gasteiger partial charge in [-0.2, -0.15) is 0 Å². The molecule has 1 saturated heterocycles. The average Bonchev–Trinajstić information content (AvgIpc) is 3.30. The topological polar surface area (TPSA) is 145 Å². The Labute approximate surface area is 267 Å². The van der Waals surface area contributed by atoms with E-state index in [0.717, 1.165) is 6.42 Å². The number of hydrogen-bond donors (Lipinski definition) is 3. The van der Waals surface area contributed by atoms with Gasteiger partial charge in [0.25, 0.3) is 5.91 Å². The molecule has 0 spiro atoms. The zero-order valence-electron chi connectivity index (χ0n) is 28.2. The fourth-order valence-electron chi connectivity index (χ4n) is 6.18. The van der Waals surface area contributed by atoms with Gasteiger partial charge in [0.05, 0.1) is 12.6 Å². The minimum Gasteiger partial charge on any atom is -0.347 e. The number of nitrogens with zero attached hydrogens (tertiary/aromatic N) is 2. The number of carbonyl (C=O) groups is 6. The van der Waals surface area contributed by atoms with Crippen molar-refractivity contribution in [3.05, 3.63) is 35.9 Å². The number of benzene rings is 1. The Balaban J connectivity index is 1.69. The van der Waals surface area contributed by atoms with Crippen LogP contribution < -0.4 is 16.0 Å². The number of hydrogen-bond acceptors (Lipinski definition) is 6. The molecular weight excluding hydrogens is 574 g/mol. The van der Waals surface area contributed by atoms with E-state index in [-0.39, 0.29) is 46.8 Å². The van der Waals surface area contributed by atoms with Gasteiger partial charge in [0, 0.05) is 26.6 Å². The minimum atomic E-state index is -1.11. The number of fused-ring (bicyclic) bond motifs is 1. The van der Waals surface area contributed by atoms with Crippen LogP contribution in [0.25, 0.3) is 0 Å². The Kier molecular flexibility index (Phi) is 11.2. The minimum absolute atomic E-state index is 0.0319. The van der Waals surface area contributed by atoms with E-state index >= 15 is 0 Å². The first-order valence-corrected chi connectivity index (χ1v) is 15.9. The molecule has 1 aromatic rings. The van der Waals surface area contributed by atoms with Crippen molar-refractivity contribution in [2.45, 2.75) is 85.9 Å². The maximum atomic E-state index is 13.8. The highest BCUT2D eigenvalue weighted by molar-refractivity contribution is 6.38. The van der Waals surface area contributed by atoms with Crippen molar-refractivity contribution in [3.63, 3.8) is 0 Å². The van der Waals surface area contributed by atoms with Crippen LogP contribution in [0, 0.1) is 28.6 Å². The molecule has 11 nitrogen and oxygen atoms in total. The van der Waals surface area contributed by atoms with Crippen molar-refractivity contribution in [2.24, 2.45) is 28.6 Å². The summed E-state index contributed by atoms with van der Waals surface area (Å²) in [7, 11) is 3.15. The lowest BCUT2D eigenvalue weighted by atomic mass is 9.81. The summed E-state index contributed by atoms with van der Waals surface area (Å²) in [5, 5.41) is 7.79. The highest BCUT2D eigenvalue weighted by Gasteiger charge is 2.69. The standard InChI is InChI=1S/C34H51N5O6/c1-10-11-17-23(36-29(42)27-25-22(34(25,6)7)19-39(27)31(44)20(2)33(3,4)5)28(41)30(43)35-18-24(40)37-26(32(45)38(8)9)21-15-13-12-14-16-21/h12-16,20,22-23,25-27H,10-11,17-19H2,1-9H3,(H,35,43)(H,36,42)(H,37,40)/t20-,22+,23?,25+,26+,27?/m1/s1. The molecule has 2 unspecified atom stereocenters. The number of amides is 5. The number of rotatable bonds is 13. The van der Waals surface area contributed by atoms with E-state index in [1.807, 2.05) is 34.6 Å². The molecule has 2 aliphatic rings. The summed E-state index contributed by atoms with van der Waals surface area (Å²) in [5.41, 5.74) is 0.181. The summed E-state index contributed by atoms with van der Waals surface area (Å²) in [4.78, 5) is 82.2. The Bertz CT molecular complexity index is 1290. The number of carbonyl (C=O) groups excluding carboxylic acids is 6. The van der Waals surface area contributed by atoms with Gasteiger partial charge in [-0.3, -0.25) is 28.8 Å². The molecule has 3 N–H and O–H groups in total. The molecule has 1 aliphatic heterocycles. The van der Waals surface area contributed by atoms with Crippen LogP contribution in [0.3, 0.4) is 0 Å². The number of likely N-dealkylation sites (tertiary alicyclic amines) is 1. The van der Waals surface area contributed by atoms with Gasteiger partial charge < -0.3 is 25.8 Å². The van der Waals surface area contributed by atoms with Crippen molar-refractivity contribution in [2.75, 3.05) is 27.2 Å². The molecule has 45 heavy (non-hydrogen) atoms. The summed E-state index contributed by atoms with van der Waals surface area (Å²) in [6.07, 6.45) is 1.56. The highest BCUT2D eigenvalue weighted by atomic mass is 16.2. The number of nitrogens with one attached hydrogen (secondary N) is 3. The zero-order chi connectivity index (χ0) is 33.9. The van der Waals surface area contributed by atoms with Crippen molar-refractivity contribution in [3.8, 4) is 0 Å². The number of Topliss-reactive ketones (excluding diaryl/α,β-unsaturated/α-hetero) is 1. The molecule has 2 fully saturated rings. The second kappa shape index (κ2) is 14.1. The number of unbranched alkanes of at least 4 members (excludes halogenated alkanes) is 1. The van der Waals surface area contributed by atoms with Crippen molar-refractivity contribution >= 4 is 35.3 Å². The van der Waals surface area contributed by atoms with Crippen molar-refractivity contribution in [1.82, 2.24) is 25.8 Å². The Morgan fingerprint density at radius 2 is 1.64 bits per heavy atom. The number of piperidine rings is 1. The van der Waals surface area contributed by atoms with Gasteiger partial charge in [0.15, 0.2) is 0 Å². The average molecular weight is 626 g/mol. The van der Waals surface area contributed by atoms with E-state index in [0.29, 0.717) is 18.5 Å². The zero-order valence-corrected chi connectivity index (χ0v) is 28.2. The Morgan fingerprint density at radius 3 is 2.20 bits per heavy atom. The predicted octanol–water partition coefficient (Wildman–Crippen LogP) is 2.46. The summed E-state index contributed by atoms with van der Waals surface area (Å²) in [6, 6.07) is 5.92. The molecule has 0 bridgehead atoms. The first-order valence-electron chi connectivity index (χ1n) is 15.9. The van der Waals surface area contributed by atoms with Gasteiger partial charge in [-0.1, -0.05) is 91.6 Å². The van der Waals surface area contributed by atoms with Crippen molar-refractivity contribution < 1.29 is 28.8 Å². The smallest absolute Gasteiger partial charge is 0.290 e. The molecule has 1 aromatic carbocycles. The molecule has 1 saturated carbocycles. The van der Waals surface area contributed by atoms with Crippen LogP contribution in [-0.2, 0) is 28.8 Å². The summed E-state index contributed by atoms with van der Waals surface area (Å²) in [5.74, 6) is -3.54. The van der Waals surface area contributed by atoms with Crippen LogP contribution in [0.2, 0.25) is 0 Å². The van der Waals surface area contributed by atoms with Crippen molar-refractivity contribution in [1.29, 1.82) is 0 Å². The molecular formula is C34H51N5O6. The number of likely N-dealkylation sites (N-methyl/N-ethyl adjacent to an activating group) is 1. The summed E-state index contributed by atoms with van der Waals surface area (Å²) in [6.45, 7) is 13.9. The van der Waals surface area contributed by atoms with E-state index in [1.54, 1.807) is 49.3 Å². The molecule has 1 heterocycles. The van der Waals surface area contributed by atoms with Gasteiger partial charge in [-0.25, -0.2) is 0 Å². The molecule has 3 rings (SSSR count). The Hall–Kier alpha value is -3.76. The van der Waals surface area contributed by atoms with Crippen LogP contribution in [0.1, 0.15) is 79.3 Å². The fourth-order valence-corrected chi connectivity index (χ4v) is 6.18. The van der Waals surface area contributed by atoms with Gasteiger partial charge in [0.1, 0.15) is 12.1 Å². The van der Waals surface area contributed by atoms with Crippen LogP contribution in [0.5, 0.6) is 0 Å². The lowest BCUT2D eigenvalue weighted by Crippen LogP contribution is -2.56. The van der Waals surface area contributed by atoms with Gasteiger partial charge in [-0.05, 0) is 34.7 Å². The SMILES string of the molecule is CCCCC(NC(=O)C1[C@@H]2[C@H](CN1C(=O)[C@@H](C)C(C)(C)C)C2(C)C)C(=O)C(=O)NCC(=O)N[C@H](C(=O)N(C)C)c1ccccc1. The quantitative estimate of drug-likeness (QED) is 0.287. The molecule has 5 amide bonds. The van der Waals surface area contributed by atoms with E-state index in [2.05, 4.69) is 29.8 Å². The molecule has 0 aromatic heterocycles. The maximum absolute atomic E-state index is 13.8. The van der Waals surface area contributed by atoms with E-state index in [1.165, 1.54) is 4.90 Å². The van der Waals surface area contributed by atoms with Crippen LogP contribution in [0.4, 0.5) is 0 Å². The van der Waals surface area contributed by atoms with E-state index < -0.39 is 48.2 Å². The molecule has 6 atom stereocenters. The first kappa shape index (κ1) is 35.7. The van der Waals surface area contributed by atoms with Gasteiger partial charge in [-0.15, -0.1) is 0 Å². The summed E-state index contributed by atoms with van der Waals surface area (Å²) < 4.78 is 0. The van der Waals surface area contributed by atoms with Gasteiger partial charge in [0.2, 0.25) is 29.4 Å². The maximum Gasteiger partial charge on any atom is 0.290 e. The second-order valence-corrected chi connectivity index (χ2v) is 14.4. The van der Waals surface area contributed by atoms with E-state index in [4.69, 9.17) is 0 Å². The Morgan fingerprint density at radius 1 is 1.02 bits per heavy atom. The predicted molar refractivity (Wildman–Crippen MR) is 170 cm³/mol. The first-order chi connectivity index (χ1) is 20.9. The third kappa shape index (κ3) is 8.10. The summed E-state index contributed by atoms with van der Waals surface area (Å²) >= 11 is 0. The van der Waals surface area contributed by atoms with Gasteiger partial charge >= 0.3 is 0 Å². The fraction of sp³-hybridized carbons (Fsp3) is 0.647. The van der Waals surface area contributed by atoms with Crippen LogP contribution >= 0.6 is 0 Å². The second-order valence-electron chi connectivity index (χ2n) is 14.4. The lowest BCUT2D eigenvalue weighted by molar-refractivity contribution is -0.146. The van der Waals surface area contributed by atoms with E-state index in [9.17, 15) is 28.8 Å². The molecule has 1 aliphatic carbocycles. The lowest BCUT2D eigenvalue weighted by Gasteiger charge is -2.36. The molecule has 248 valence electrons. The largest absolute Gasteiger partial charge is 0.347 e. The normalized spacial score (nSPS) is 21.9.